The van der Waals surface area contributed by atoms with E-state index in [2.05, 4.69) is 33.0 Å². The highest BCUT2D eigenvalue weighted by atomic mass is 19.4. The Morgan fingerprint density at radius 3 is 2.54 bits per heavy atom. The molecule has 3 aromatic rings. The number of aryl methyl sites for hydroxylation is 1. The van der Waals surface area contributed by atoms with E-state index >= 15 is 0 Å². The summed E-state index contributed by atoms with van der Waals surface area (Å²) in [5, 5.41) is 9.61. The lowest BCUT2D eigenvalue weighted by Gasteiger charge is -2.30. The second-order valence-electron chi connectivity index (χ2n) is 9.23. The molecule has 4 rings (SSSR count). The Morgan fingerprint density at radius 2 is 1.86 bits per heavy atom. The number of furan rings is 1. The maximum Gasteiger partial charge on any atom is 0.451 e. The Labute approximate surface area is 202 Å². The van der Waals surface area contributed by atoms with Crippen LogP contribution in [-0.2, 0) is 6.18 Å². The van der Waals surface area contributed by atoms with Gasteiger partial charge in [0.2, 0.25) is 5.76 Å². The van der Waals surface area contributed by atoms with Crippen molar-refractivity contribution in [3.63, 3.8) is 0 Å². The number of hydrogen-bond acceptors (Lipinski definition) is 5. The highest BCUT2D eigenvalue weighted by Crippen LogP contribution is 2.37. The van der Waals surface area contributed by atoms with E-state index in [1.807, 2.05) is 32.3 Å². The minimum absolute atomic E-state index is 0.0806. The zero-order valence-electron chi connectivity index (χ0n) is 20.0. The molecular formula is C25H30F3N5O2. The van der Waals surface area contributed by atoms with Crippen LogP contribution in [0.4, 0.5) is 35.2 Å². The molecule has 0 bridgehead atoms. The number of pyridine rings is 1. The van der Waals surface area contributed by atoms with Crippen molar-refractivity contribution in [2.75, 3.05) is 36.2 Å². The number of alkyl halides is 3. The quantitative estimate of drug-likeness (QED) is 0.395. The SMILES string of the molecule is Cc1cc(NC(=O)NC[C@H]2CC[C@@H](Nc3cc(N(C)C)c4ccccc4n3)CC2)c(C(F)(F)F)o1. The van der Waals surface area contributed by atoms with E-state index in [1.54, 1.807) is 0 Å². The molecule has 0 aliphatic heterocycles. The number of amides is 2. The van der Waals surface area contributed by atoms with Crippen molar-refractivity contribution in [2.24, 2.45) is 5.92 Å². The largest absolute Gasteiger partial charge is 0.455 e. The van der Waals surface area contributed by atoms with Crippen LogP contribution >= 0.6 is 0 Å². The van der Waals surface area contributed by atoms with Crippen molar-refractivity contribution in [2.45, 2.75) is 44.8 Å². The van der Waals surface area contributed by atoms with Gasteiger partial charge in [0.05, 0.1) is 11.2 Å². The predicted molar refractivity (Wildman–Crippen MR) is 131 cm³/mol. The number of nitrogens with one attached hydrogen (secondary N) is 3. The number of nitrogens with zero attached hydrogens (tertiary/aromatic N) is 2. The van der Waals surface area contributed by atoms with E-state index in [4.69, 9.17) is 9.40 Å². The van der Waals surface area contributed by atoms with Crippen molar-refractivity contribution in [1.82, 2.24) is 10.3 Å². The summed E-state index contributed by atoms with van der Waals surface area (Å²) < 4.78 is 43.8. The number of para-hydroxylation sites is 1. The number of fused-ring (bicyclic) bond motifs is 1. The lowest BCUT2D eigenvalue weighted by Crippen LogP contribution is -2.36. The standard InChI is InChI=1S/C25H30F3N5O2/c1-15-12-20(23(35-15)25(26,27)28)32-24(34)29-14-16-8-10-17(11-9-16)30-22-13-21(33(2)3)18-6-4-5-7-19(18)31-22/h4-7,12-13,16-17H,8-11,14H2,1-3H3,(H,30,31)(H2,29,32,34)/t16-,17+. The lowest BCUT2D eigenvalue weighted by atomic mass is 9.86. The molecule has 35 heavy (non-hydrogen) atoms. The summed E-state index contributed by atoms with van der Waals surface area (Å²) >= 11 is 0. The maximum absolute atomic E-state index is 13.0. The molecule has 1 aliphatic carbocycles. The highest BCUT2D eigenvalue weighted by Gasteiger charge is 2.38. The molecule has 0 radical (unpaired) electrons. The second kappa shape index (κ2) is 10.1. The normalized spacial score (nSPS) is 18.3. The first-order valence-electron chi connectivity index (χ1n) is 11.7. The van der Waals surface area contributed by atoms with Gasteiger partial charge in [0.1, 0.15) is 11.6 Å². The predicted octanol–water partition coefficient (Wildman–Crippen LogP) is 6.01. The van der Waals surface area contributed by atoms with E-state index < -0.39 is 18.0 Å². The summed E-state index contributed by atoms with van der Waals surface area (Å²) in [6.07, 6.45) is -1.05. The Hall–Kier alpha value is -3.43. The molecule has 1 fully saturated rings. The molecular weight excluding hydrogens is 459 g/mol. The number of urea groups is 1. The highest BCUT2D eigenvalue weighted by molar-refractivity contribution is 5.93. The summed E-state index contributed by atoms with van der Waals surface area (Å²) in [5.41, 5.74) is 1.66. The summed E-state index contributed by atoms with van der Waals surface area (Å²) in [4.78, 5) is 19.0. The zero-order valence-corrected chi connectivity index (χ0v) is 20.0. The summed E-state index contributed by atoms with van der Waals surface area (Å²) in [7, 11) is 4.02. The number of carbonyl (C=O) groups is 1. The Morgan fingerprint density at radius 1 is 1.14 bits per heavy atom. The fraction of sp³-hybridized carbons (Fsp3) is 0.440. The van der Waals surface area contributed by atoms with Gasteiger partial charge in [-0.1, -0.05) is 18.2 Å². The third-order valence-electron chi connectivity index (χ3n) is 6.29. The number of anilines is 3. The Kier molecular flexibility index (Phi) is 7.09. The lowest BCUT2D eigenvalue weighted by molar-refractivity contribution is -0.152. The maximum atomic E-state index is 13.0. The van der Waals surface area contributed by atoms with Gasteiger partial charge in [-0.05, 0) is 44.6 Å². The van der Waals surface area contributed by atoms with Crippen molar-refractivity contribution < 1.29 is 22.4 Å². The smallest absolute Gasteiger partial charge is 0.451 e. The van der Waals surface area contributed by atoms with Gasteiger partial charge in [-0.2, -0.15) is 13.2 Å². The first-order chi connectivity index (χ1) is 16.6. The fourth-order valence-corrected chi connectivity index (χ4v) is 4.54. The fourth-order valence-electron chi connectivity index (χ4n) is 4.54. The van der Waals surface area contributed by atoms with Crippen LogP contribution in [0.3, 0.4) is 0 Å². The van der Waals surface area contributed by atoms with Crippen molar-refractivity contribution in [3.8, 4) is 0 Å². The molecule has 2 amide bonds. The molecule has 2 aromatic heterocycles. The van der Waals surface area contributed by atoms with Gasteiger partial charge in [-0.3, -0.25) is 0 Å². The molecule has 1 aromatic carbocycles. The van der Waals surface area contributed by atoms with Gasteiger partial charge in [0, 0.05) is 49.9 Å². The molecule has 0 atom stereocenters. The Balaban J connectivity index is 1.28. The van der Waals surface area contributed by atoms with Crippen LogP contribution in [0.15, 0.2) is 40.8 Å². The minimum atomic E-state index is -4.67. The third-order valence-corrected chi connectivity index (χ3v) is 6.29. The average molecular weight is 490 g/mol. The van der Waals surface area contributed by atoms with E-state index in [9.17, 15) is 18.0 Å². The van der Waals surface area contributed by atoms with Gasteiger partial charge in [-0.15, -0.1) is 0 Å². The van der Waals surface area contributed by atoms with E-state index in [1.165, 1.54) is 13.0 Å². The summed E-state index contributed by atoms with van der Waals surface area (Å²) in [6.45, 7) is 1.80. The van der Waals surface area contributed by atoms with Crippen LogP contribution in [0.2, 0.25) is 0 Å². The molecule has 2 heterocycles. The molecule has 0 saturated heterocycles. The van der Waals surface area contributed by atoms with E-state index in [-0.39, 0.29) is 23.4 Å². The number of carbonyl (C=O) groups excluding carboxylic acids is 1. The monoisotopic (exact) mass is 489 g/mol. The Bertz CT molecular complexity index is 1180. The number of aromatic nitrogens is 1. The first kappa shape index (κ1) is 24.7. The topological polar surface area (TPSA) is 82.4 Å². The van der Waals surface area contributed by atoms with Crippen LogP contribution in [-0.4, -0.2) is 37.7 Å². The van der Waals surface area contributed by atoms with Gasteiger partial charge in [0.25, 0.3) is 0 Å². The molecule has 0 unspecified atom stereocenters. The van der Waals surface area contributed by atoms with Crippen LogP contribution in [0.5, 0.6) is 0 Å². The number of rotatable bonds is 6. The van der Waals surface area contributed by atoms with Crippen LogP contribution in [0.25, 0.3) is 10.9 Å². The molecule has 1 saturated carbocycles. The summed E-state index contributed by atoms with van der Waals surface area (Å²) in [5.74, 6) is -0.0217. The number of hydrogen-bond donors (Lipinski definition) is 3. The molecule has 3 N–H and O–H groups in total. The molecule has 1 aliphatic rings. The molecule has 7 nitrogen and oxygen atoms in total. The van der Waals surface area contributed by atoms with Crippen molar-refractivity contribution in [3.05, 3.63) is 47.9 Å². The van der Waals surface area contributed by atoms with Crippen LogP contribution in [0, 0.1) is 12.8 Å². The number of halogens is 3. The average Bonchev–Trinajstić information content (AvgIpc) is 3.18. The van der Waals surface area contributed by atoms with Crippen LogP contribution in [0.1, 0.15) is 37.2 Å². The van der Waals surface area contributed by atoms with Gasteiger partial charge in [-0.25, -0.2) is 9.78 Å². The second-order valence-corrected chi connectivity index (χ2v) is 9.23. The van der Waals surface area contributed by atoms with Gasteiger partial charge >= 0.3 is 12.2 Å². The van der Waals surface area contributed by atoms with Crippen molar-refractivity contribution >= 4 is 34.1 Å². The van der Waals surface area contributed by atoms with E-state index in [0.29, 0.717) is 6.54 Å². The van der Waals surface area contributed by atoms with E-state index in [0.717, 1.165) is 48.1 Å². The minimum Gasteiger partial charge on any atom is -0.455 e. The van der Waals surface area contributed by atoms with Gasteiger partial charge < -0.3 is 25.3 Å². The third kappa shape index (κ3) is 5.98. The van der Waals surface area contributed by atoms with Crippen molar-refractivity contribution in [1.29, 1.82) is 0 Å². The van der Waals surface area contributed by atoms with Crippen LogP contribution < -0.4 is 20.9 Å². The summed E-state index contributed by atoms with van der Waals surface area (Å²) in [6, 6.07) is 10.9. The molecule has 188 valence electrons. The van der Waals surface area contributed by atoms with Gasteiger partial charge in [0.15, 0.2) is 0 Å². The zero-order chi connectivity index (χ0) is 25.2. The molecule has 0 spiro atoms. The number of benzene rings is 1. The molecule has 10 heteroatoms. The first-order valence-corrected chi connectivity index (χ1v) is 11.7.